The van der Waals surface area contributed by atoms with E-state index >= 15 is 0 Å². The average Bonchev–Trinajstić information content (AvgIpc) is 2.83. The summed E-state index contributed by atoms with van der Waals surface area (Å²) in [5.74, 6) is -2.30. The molecule has 1 aromatic carbocycles. The highest BCUT2D eigenvalue weighted by atomic mass is 35.5. The number of carbonyl (C=O) groups excluding carboxylic acids is 3. The summed E-state index contributed by atoms with van der Waals surface area (Å²) in [5.41, 5.74) is 0.766. The van der Waals surface area contributed by atoms with E-state index in [2.05, 4.69) is 0 Å². The van der Waals surface area contributed by atoms with Gasteiger partial charge in [-0.15, -0.1) is 0 Å². The van der Waals surface area contributed by atoms with Crippen molar-refractivity contribution in [1.29, 1.82) is 0 Å². The van der Waals surface area contributed by atoms with Crippen molar-refractivity contribution in [2.45, 2.75) is 25.7 Å². The number of ether oxygens (including phenoxy) is 1. The second-order valence-corrected chi connectivity index (χ2v) is 6.63. The molecule has 2 aliphatic heterocycles. The van der Waals surface area contributed by atoms with E-state index in [9.17, 15) is 18.8 Å². The van der Waals surface area contributed by atoms with Gasteiger partial charge in [0.15, 0.2) is 18.2 Å². The molecule has 0 fully saturated rings. The maximum absolute atomic E-state index is 14.7. The Bertz CT molecular complexity index is 852. The molecule has 0 atom stereocenters. The van der Waals surface area contributed by atoms with Crippen molar-refractivity contribution >= 4 is 40.7 Å². The number of fused-ring (bicyclic) bond motifs is 1. The smallest absolute Gasteiger partial charge is 0.264 e. The van der Waals surface area contributed by atoms with Gasteiger partial charge in [0.25, 0.3) is 17.7 Å². The average molecular weight is 365 g/mol. The molecule has 3 aliphatic rings. The van der Waals surface area contributed by atoms with Crippen LogP contribution in [0.5, 0.6) is 5.75 Å². The molecule has 0 saturated heterocycles. The maximum atomic E-state index is 14.7. The maximum Gasteiger partial charge on any atom is 0.264 e. The van der Waals surface area contributed by atoms with Gasteiger partial charge in [-0.2, -0.15) is 0 Å². The summed E-state index contributed by atoms with van der Waals surface area (Å²) in [6.45, 7) is -0.320. The zero-order valence-corrected chi connectivity index (χ0v) is 14.2. The van der Waals surface area contributed by atoms with Crippen molar-refractivity contribution in [1.82, 2.24) is 0 Å². The lowest BCUT2D eigenvalue weighted by molar-refractivity contribution is -0.121. The Labute approximate surface area is 147 Å². The first-order valence-electron chi connectivity index (χ1n) is 7.94. The van der Waals surface area contributed by atoms with E-state index < -0.39 is 17.6 Å². The summed E-state index contributed by atoms with van der Waals surface area (Å²) >= 11 is 6.07. The second kappa shape index (κ2) is 5.56. The standard InChI is InChI=1S/C17H14ClFN2O4/c1-20-12(22)7-25-15-13(20)10(18)6-11(19)14(15)21-16(23)8-4-2-3-5-9(8)17(21)24/h6H,2-5,7H2,1H3. The minimum Gasteiger partial charge on any atom is -0.479 e. The van der Waals surface area contributed by atoms with Crippen molar-refractivity contribution in [3.8, 4) is 5.75 Å². The molecule has 4 rings (SSSR count). The molecule has 0 radical (unpaired) electrons. The van der Waals surface area contributed by atoms with Crippen LogP contribution in [0.15, 0.2) is 17.2 Å². The molecule has 0 bridgehead atoms. The van der Waals surface area contributed by atoms with Crippen LogP contribution in [0.25, 0.3) is 0 Å². The number of benzene rings is 1. The number of anilines is 2. The van der Waals surface area contributed by atoms with Crippen molar-refractivity contribution in [2.75, 3.05) is 23.5 Å². The Morgan fingerprint density at radius 2 is 1.68 bits per heavy atom. The fraction of sp³-hybridized carbons (Fsp3) is 0.353. The number of hydrogen-bond donors (Lipinski definition) is 0. The summed E-state index contributed by atoms with van der Waals surface area (Å²) in [6.07, 6.45) is 2.65. The minimum absolute atomic E-state index is 0.0244. The number of amides is 3. The first-order chi connectivity index (χ1) is 11.9. The molecule has 8 heteroatoms. The number of carbonyl (C=O) groups is 3. The molecule has 1 aromatic rings. The molecule has 0 saturated carbocycles. The molecule has 3 amide bonds. The molecule has 6 nitrogen and oxygen atoms in total. The van der Waals surface area contributed by atoms with Gasteiger partial charge in [0, 0.05) is 18.2 Å². The Morgan fingerprint density at radius 1 is 1.08 bits per heavy atom. The zero-order chi connectivity index (χ0) is 17.9. The van der Waals surface area contributed by atoms with Crippen LogP contribution in [0.1, 0.15) is 25.7 Å². The largest absolute Gasteiger partial charge is 0.479 e. The molecule has 0 unspecified atom stereocenters. The van der Waals surface area contributed by atoms with E-state index in [1.807, 2.05) is 0 Å². The minimum atomic E-state index is -0.840. The van der Waals surface area contributed by atoms with Gasteiger partial charge in [-0.1, -0.05) is 11.6 Å². The number of likely N-dealkylation sites (N-methyl/N-ethyl adjacent to an activating group) is 1. The lowest BCUT2D eigenvalue weighted by atomic mass is 9.93. The highest BCUT2D eigenvalue weighted by Crippen LogP contribution is 2.49. The lowest BCUT2D eigenvalue weighted by Crippen LogP contribution is -2.38. The van der Waals surface area contributed by atoms with E-state index in [0.29, 0.717) is 24.0 Å². The highest BCUT2D eigenvalue weighted by molar-refractivity contribution is 6.36. The normalized spacial score (nSPS) is 20.0. The van der Waals surface area contributed by atoms with E-state index in [-0.39, 0.29) is 34.7 Å². The summed E-state index contributed by atoms with van der Waals surface area (Å²) in [7, 11) is 1.48. The van der Waals surface area contributed by atoms with Crippen LogP contribution in [0.2, 0.25) is 5.02 Å². The van der Waals surface area contributed by atoms with Gasteiger partial charge < -0.3 is 9.64 Å². The molecule has 2 heterocycles. The SMILES string of the molecule is CN1C(=O)COc2c1c(Cl)cc(F)c2N1C(=O)C2=C(CCCC2)C1=O. The third-order valence-corrected chi connectivity index (χ3v) is 5.09. The van der Waals surface area contributed by atoms with E-state index in [1.54, 1.807) is 0 Å². The van der Waals surface area contributed by atoms with Crippen LogP contribution < -0.4 is 14.5 Å². The summed E-state index contributed by atoms with van der Waals surface area (Å²) < 4.78 is 20.1. The molecular weight excluding hydrogens is 351 g/mol. The third kappa shape index (κ3) is 2.18. The Hall–Kier alpha value is -2.41. The molecule has 1 aliphatic carbocycles. The number of imide groups is 1. The van der Waals surface area contributed by atoms with Gasteiger partial charge in [0.1, 0.15) is 11.4 Å². The Morgan fingerprint density at radius 3 is 2.28 bits per heavy atom. The van der Waals surface area contributed by atoms with Crippen LogP contribution in [0.3, 0.4) is 0 Å². The van der Waals surface area contributed by atoms with Gasteiger partial charge in [-0.05, 0) is 31.7 Å². The molecular formula is C17H14ClFN2O4. The number of halogens is 2. The molecule has 0 spiro atoms. The number of rotatable bonds is 1. The predicted molar refractivity (Wildman–Crippen MR) is 88.3 cm³/mol. The van der Waals surface area contributed by atoms with Crippen LogP contribution in [0.4, 0.5) is 15.8 Å². The topological polar surface area (TPSA) is 66.9 Å². The van der Waals surface area contributed by atoms with Crippen LogP contribution in [0, 0.1) is 5.82 Å². The van der Waals surface area contributed by atoms with E-state index in [1.165, 1.54) is 11.9 Å². The molecule has 130 valence electrons. The fourth-order valence-electron chi connectivity index (χ4n) is 3.53. The Kier molecular flexibility index (Phi) is 3.57. The molecule has 0 aromatic heterocycles. The van der Waals surface area contributed by atoms with Gasteiger partial charge >= 0.3 is 0 Å². The van der Waals surface area contributed by atoms with Crippen molar-refractivity contribution in [3.63, 3.8) is 0 Å². The van der Waals surface area contributed by atoms with Crippen LogP contribution in [-0.4, -0.2) is 31.4 Å². The van der Waals surface area contributed by atoms with Crippen LogP contribution in [-0.2, 0) is 14.4 Å². The van der Waals surface area contributed by atoms with E-state index in [0.717, 1.165) is 23.8 Å². The highest BCUT2D eigenvalue weighted by Gasteiger charge is 2.44. The predicted octanol–water partition coefficient (Wildman–Crippen LogP) is 2.58. The molecule has 0 N–H and O–H groups in total. The zero-order valence-electron chi connectivity index (χ0n) is 13.4. The first kappa shape index (κ1) is 16.1. The summed E-state index contributed by atoms with van der Waals surface area (Å²) in [6, 6.07) is 0.992. The third-order valence-electron chi connectivity index (χ3n) is 4.80. The summed E-state index contributed by atoms with van der Waals surface area (Å²) in [4.78, 5) is 39.4. The number of nitrogens with zero attached hydrogens (tertiary/aromatic N) is 2. The number of hydrogen-bond acceptors (Lipinski definition) is 4. The molecule has 25 heavy (non-hydrogen) atoms. The van der Waals surface area contributed by atoms with Gasteiger partial charge in [-0.3, -0.25) is 14.4 Å². The first-order valence-corrected chi connectivity index (χ1v) is 8.31. The van der Waals surface area contributed by atoms with Crippen molar-refractivity contribution in [3.05, 3.63) is 28.1 Å². The Balaban J connectivity index is 1.89. The quantitative estimate of drug-likeness (QED) is 0.718. The van der Waals surface area contributed by atoms with Crippen LogP contribution >= 0.6 is 11.6 Å². The lowest BCUT2D eigenvalue weighted by Gasteiger charge is -2.30. The van der Waals surface area contributed by atoms with Crippen molar-refractivity contribution < 1.29 is 23.5 Å². The van der Waals surface area contributed by atoms with Gasteiger partial charge in [0.2, 0.25) is 0 Å². The second-order valence-electron chi connectivity index (χ2n) is 6.22. The van der Waals surface area contributed by atoms with Crippen molar-refractivity contribution in [2.24, 2.45) is 0 Å². The van der Waals surface area contributed by atoms with Gasteiger partial charge in [-0.25, -0.2) is 9.29 Å². The monoisotopic (exact) mass is 364 g/mol. The van der Waals surface area contributed by atoms with Gasteiger partial charge in [0.05, 0.1) is 5.02 Å². The van der Waals surface area contributed by atoms with E-state index in [4.69, 9.17) is 16.3 Å². The summed E-state index contributed by atoms with van der Waals surface area (Å²) in [5, 5.41) is -0.0244. The fourth-order valence-corrected chi connectivity index (χ4v) is 3.84.